The first kappa shape index (κ1) is 15.2. The average molecular weight is 297 g/mol. The van der Waals surface area contributed by atoms with Crippen LogP contribution in [-0.2, 0) is 23.9 Å². The van der Waals surface area contributed by atoms with Crippen molar-refractivity contribution in [3.63, 3.8) is 0 Å². The summed E-state index contributed by atoms with van der Waals surface area (Å²) in [5.41, 5.74) is -0.0789. The lowest BCUT2D eigenvalue weighted by Crippen LogP contribution is -2.23. The number of amides is 1. The van der Waals surface area contributed by atoms with Gasteiger partial charge >= 0.3 is 6.18 Å². The van der Waals surface area contributed by atoms with Gasteiger partial charge in [-0.2, -0.15) is 13.2 Å². The number of rotatable bonds is 5. The zero-order chi connectivity index (χ0) is 15.3. The Bertz CT molecular complexity index is 574. The van der Waals surface area contributed by atoms with Gasteiger partial charge in [-0.15, -0.1) is 0 Å². The van der Waals surface area contributed by atoms with E-state index in [0.717, 1.165) is 17.9 Å². The van der Waals surface area contributed by atoms with Crippen LogP contribution in [0.5, 0.6) is 0 Å². The molecular formula is C15H14F3NO2. The summed E-state index contributed by atoms with van der Waals surface area (Å²) in [7, 11) is 0. The summed E-state index contributed by atoms with van der Waals surface area (Å²) >= 11 is 0. The zero-order valence-electron chi connectivity index (χ0n) is 11.1. The Kier molecular flexibility index (Phi) is 4.67. The number of alkyl halides is 3. The van der Waals surface area contributed by atoms with Crippen LogP contribution in [0.15, 0.2) is 47.1 Å². The fourth-order valence-electron chi connectivity index (χ4n) is 1.79. The minimum Gasteiger partial charge on any atom is -0.469 e. The van der Waals surface area contributed by atoms with Gasteiger partial charge in [0.1, 0.15) is 5.76 Å². The fourth-order valence-corrected chi connectivity index (χ4v) is 1.79. The van der Waals surface area contributed by atoms with Crippen LogP contribution in [-0.4, -0.2) is 5.91 Å². The lowest BCUT2D eigenvalue weighted by atomic mass is 10.1. The fraction of sp³-hybridized carbons (Fsp3) is 0.267. The molecule has 1 aromatic carbocycles. The van der Waals surface area contributed by atoms with E-state index in [1.807, 2.05) is 0 Å². The molecule has 112 valence electrons. The predicted octanol–water partition coefficient (Wildman–Crippen LogP) is 3.55. The van der Waals surface area contributed by atoms with Crippen molar-refractivity contribution in [2.24, 2.45) is 0 Å². The molecule has 2 rings (SSSR count). The second-order valence-corrected chi connectivity index (χ2v) is 4.55. The Hall–Kier alpha value is -2.24. The van der Waals surface area contributed by atoms with Crippen molar-refractivity contribution < 1.29 is 22.4 Å². The summed E-state index contributed by atoms with van der Waals surface area (Å²) in [5, 5.41) is 2.66. The molecule has 0 bridgehead atoms. The van der Waals surface area contributed by atoms with E-state index in [0.29, 0.717) is 12.0 Å². The normalized spacial score (nSPS) is 11.4. The third-order valence-corrected chi connectivity index (χ3v) is 2.95. The van der Waals surface area contributed by atoms with Crippen LogP contribution in [0.25, 0.3) is 0 Å². The monoisotopic (exact) mass is 297 g/mol. The molecule has 0 spiro atoms. The summed E-state index contributed by atoms with van der Waals surface area (Å²) < 4.78 is 42.3. The third-order valence-electron chi connectivity index (χ3n) is 2.95. The molecule has 0 saturated heterocycles. The number of benzene rings is 1. The molecular weight excluding hydrogens is 283 g/mol. The van der Waals surface area contributed by atoms with E-state index >= 15 is 0 Å². The summed E-state index contributed by atoms with van der Waals surface area (Å²) in [5.74, 6) is 0.547. The predicted molar refractivity (Wildman–Crippen MR) is 70.3 cm³/mol. The van der Waals surface area contributed by atoms with Gasteiger partial charge in [0.15, 0.2) is 0 Å². The maximum atomic E-state index is 12.4. The van der Waals surface area contributed by atoms with Crippen LogP contribution in [0.3, 0.4) is 0 Å². The van der Waals surface area contributed by atoms with Crippen molar-refractivity contribution >= 4 is 5.91 Å². The quantitative estimate of drug-likeness (QED) is 0.917. The molecule has 3 nitrogen and oxygen atoms in total. The molecule has 0 saturated carbocycles. The van der Waals surface area contributed by atoms with Gasteiger partial charge in [-0.05, 0) is 29.8 Å². The number of carbonyl (C=O) groups excluding carboxylic acids is 1. The van der Waals surface area contributed by atoms with E-state index < -0.39 is 11.7 Å². The van der Waals surface area contributed by atoms with Gasteiger partial charge in [0, 0.05) is 19.4 Å². The van der Waals surface area contributed by atoms with E-state index in [1.165, 1.54) is 18.4 Å². The molecule has 1 aromatic heterocycles. The lowest BCUT2D eigenvalue weighted by molar-refractivity contribution is -0.137. The first-order valence-electron chi connectivity index (χ1n) is 6.40. The molecule has 0 unspecified atom stereocenters. The summed E-state index contributed by atoms with van der Waals surface area (Å²) in [6.07, 6.45) is -2.04. The molecule has 0 aliphatic rings. The summed E-state index contributed by atoms with van der Waals surface area (Å²) in [4.78, 5) is 11.6. The number of halogens is 3. The van der Waals surface area contributed by atoms with E-state index in [9.17, 15) is 18.0 Å². The van der Waals surface area contributed by atoms with E-state index in [-0.39, 0.29) is 18.9 Å². The van der Waals surface area contributed by atoms with Crippen LogP contribution in [0, 0.1) is 0 Å². The highest BCUT2D eigenvalue weighted by Crippen LogP contribution is 2.29. The van der Waals surface area contributed by atoms with Gasteiger partial charge in [-0.3, -0.25) is 4.79 Å². The number of hydrogen-bond acceptors (Lipinski definition) is 2. The van der Waals surface area contributed by atoms with Gasteiger partial charge < -0.3 is 9.73 Å². The molecule has 0 atom stereocenters. The molecule has 0 fully saturated rings. The molecule has 0 aliphatic heterocycles. The topological polar surface area (TPSA) is 42.2 Å². The van der Waals surface area contributed by atoms with Crippen LogP contribution < -0.4 is 5.32 Å². The van der Waals surface area contributed by atoms with Gasteiger partial charge in [0.2, 0.25) is 5.91 Å². The van der Waals surface area contributed by atoms with Crippen LogP contribution in [0.2, 0.25) is 0 Å². The maximum Gasteiger partial charge on any atom is 0.416 e. The van der Waals surface area contributed by atoms with Gasteiger partial charge in [0.25, 0.3) is 0 Å². The van der Waals surface area contributed by atoms with Crippen molar-refractivity contribution in [3.05, 3.63) is 59.5 Å². The molecule has 1 N–H and O–H groups in total. The van der Waals surface area contributed by atoms with Crippen LogP contribution >= 0.6 is 0 Å². The Morgan fingerprint density at radius 2 is 1.86 bits per heavy atom. The highest BCUT2D eigenvalue weighted by molar-refractivity contribution is 5.76. The number of hydrogen-bond donors (Lipinski definition) is 1. The standard InChI is InChI=1S/C15H14F3NO2/c16-15(17,18)12-5-3-11(4-6-12)10-19-14(20)8-7-13-2-1-9-21-13/h1-6,9H,7-8,10H2,(H,19,20). The zero-order valence-corrected chi connectivity index (χ0v) is 11.1. The van der Waals surface area contributed by atoms with Crippen LogP contribution in [0.4, 0.5) is 13.2 Å². The second kappa shape index (κ2) is 6.47. The Morgan fingerprint density at radius 1 is 1.14 bits per heavy atom. The molecule has 0 radical (unpaired) electrons. The number of nitrogens with one attached hydrogen (secondary N) is 1. The van der Waals surface area contributed by atoms with Crippen molar-refractivity contribution in [2.75, 3.05) is 0 Å². The smallest absolute Gasteiger partial charge is 0.416 e. The lowest BCUT2D eigenvalue weighted by Gasteiger charge is -2.08. The third kappa shape index (κ3) is 4.66. The highest BCUT2D eigenvalue weighted by atomic mass is 19.4. The van der Waals surface area contributed by atoms with E-state index in [1.54, 1.807) is 12.1 Å². The van der Waals surface area contributed by atoms with Gasteiger partial charge in [-0.1, -0.05) is 12.1 Å². The Balaban J connectivity index is 1.78. The minimum absolute atomic E-state index is 0.175. The van der Waals surface area contributed by atoms with E-state index in [2.05, 4.69) is 5.32 Å². The largest absolute Gasteiger partial charge is 0.469 e. The van der Waals surface area contributed by atoms with Crippen molar-refractivity contribution in [2.45, 2.75) is 25.6 Å². The molecule has 1 heterocycles. The van der Waals surface area contributed by atoms with Crippen molar-refractivity contribution in [3.8, 4) is 0 Å². The molecule has 6 heteroatoms. The van der Waals surface area contributed by atoms with Crippen molar-refractivity contribution in [1.82, 2.24) is 5.32 Å². The van der Waals surface area contributed by atoms with Gasteiger partial charge in [0.05, 0.1) is 11.8 Å². The minimum atomic E-state index is -4.34. The number of aryl methyl sites for hydroxylation is 1. The maximum absolute atomic E-state index is 12.4. The average Bonchev–Trinajstić information content (AvgIpc) is 2.95. The van der Waals surface area contributed by atoms with E-state index in [4.69, 9.17) is 4.42 Å². The molecule has 2 aromatic rings. The molecule has 21 heavy (non-hydrogen) atoms. The number of carbonyl (C=O) groups is 1. The Morgan fingerprint density at radius 3 is 2.43 bits per heavy atom. The van der Waals surface area contributed by atoms with Crippen molar-refractivity contribution in [1.29, 1.82) is 0 Å². The summed E-state index contributed by atoms with van der Waals surface area (Å²) in [6, 6.07) is 8.25. The Labute approximate surface area is 119 Å². The number of furan rings is 1. The summed E-state index contributed by atoms with van der Waals surface area (Å²) in [6.45, 7) is 0.203. The van der Waals surface area contributed by atoms with Crippen LogP contribution in [0.1, 0.15) is 23.3 Å². The van der Waals surface area contributed by atoms with Gasteiger partial charge in [-0.25, -0.2) is 0 Å². The molecule has 0 aliphatic carbocycles. The first-order chi connectivity index (χ1) is 9.95. The molecule has 1 amide bonds. The second-order valence-electron chi connectivity index (χ2n) is 4.55. The SMILES string of the molecule is O=C(CCc1ccco1)NCc1ccc(C(F)(F)F)cc1. The first-order valence-corrected chi connectivity index (χ1v) is 6.40. The highest BCUT2D eigenvalue weighted by Gasteiger charge is 2.29.